The summed E-state index contributed by atoms with van der Waals surface area (Å²) in [6.07, 6.45) is 4.77. The van der Waals surface area contributed by atoms with Crippen LogP contribution in [-0.4, -0.2) is 11.5 Å². The van der Waals surface area contributed by atoms with Crippen molar-refractivity contribution in [3.05, 3.63) is 0 Å². The van der Waals surface area contributed by atoms with Crippen molar-refractivity contribution in [2.75, 3.05) is 0 Å². The van der Waals surface area contributed by atoms with E-state index in [9.17, 15) is 0 Å². The molecule has 0 saturated heterocycles. The first kappa shape index (κ1) is 10.4. The molecule has 0 rings (SSSR count). The largest absolute Gasteiger partial charge is 0.242 e. The minimum absolute atomic E-state index is 0.0725. The normalized spacial score (nSPS) is 10.8. The molecule has 0 unspecified atom stereocenters. The van der Waals surface area contributed by atoms with E-state index in [0.717, 1.165) is 6.42 Å². The van der Waals surface area contributed by atoms with Crippen LogP contribution in [0.15, 0.2) is 4.99 Å². The first-order valence-electron chi connectivity index (χ1n) is 4.26. The van der Waals surface area contributed by atoms with E-state index in [1.54, 1.807) is 0 Å². The Hall–Kier alpha value is -0.620. The summed E-state index contributed by atoms with van der Waals surface area (Å²) in [5, 5.41) is 6.72. The zero-order valence-corrected chi connectivity index (χ0v) is 7.78. The number of unbranched alkanes of at least 4 members (excludes halogenated alkanes) is 2. The summed E-state index contributed by atoms with van der Waals surface area (Å²) < 4.78 is 0. The maximum atomic E-state index is 6.72. The van der Waals surface area contributed by atoms with E-state index in [4.69, 9.17) is 5.41 Å². The Kier molecular flexibility index (Phi) is 4.80. The van der Waals surface area contributed by atoms with Crippen LogP contribution >= 0.6 is 0 Å². The first-order valence-corrected chi connectivity index (χ1v) is 4.26. The van der Waals surface area contributed by atoms with Crippen molar-refractivity contribution in [1.29, 1.82) is 5.41 Å². The average Bonchev–Trinajstić information content (AvgIpc) is 1.87. The lowest BCUT2D eigenvalue weighted by atomic mass is 9.98. The Morgan fingerprint density at radius 2 is 2.00 bits per heavy atom. The minimum atomic E-state index is -0.0725. The standard InChI is InChI=1S/C9H18N2/c1-4-5-6-7-9(2,3)11-8-10/h10H,4-7H2,1-3H3. The summed E-state index contributed by atoms with van der Waals surface area (Å²) in [6, 6.07) is 2.11. The van der Waals surface area contributed by atoms with Crippen LogP contribution < -0.4 is 0 Å². The van der Waals surface area contributed by atoms with Gasteiger partial charge in [-0.3, -0.25) is 0 Å². The van der Waals surface area contributed by atoms with E-state index in [-0.39, 0.29) is 5.54 Å². The van der Waals surface area contributed by atoms with E-state index in [2.05, 4.69) is 17.9 Å². The molecule has 0 aromatic carbocycles. The predicted octanol–water partition coefficient (Wildman–Crippen LogP) is 3.10. The fourth-order valence-electron chi connectivity index (χ4n) is 1.01. The smallest absolute Gasteiger partial charge is 0.0867 e. The highest BCUT2D eigenvalue weighted by atomic mass is 14.8. The van der Waals surface area contributed by atoms with Crippen LogP contribution in [0.5, 0.6) is 0 Å². The van der Waals surface area contributed by atoms with Gasteiger partial charge < -0.3 is 0 Å². The van der Waals surface area contributed by atoms with E-state index in [1.165, 1.54) is 19.3 Å². The summed E-state index contributed by atoms with van der Waals surface area (Å²) in [4.78, 5) is 3.94. The van der Waals surface area contributed by atoms with E-state index in [0.29, 0.717) is 0 Å². The van der Waals surface area contributed by atoms with Gasteiger partial charge in [0.1, 0.15) is 0 Å². The Labute approximate surface area is 69.2 Å². The lowest BCUT2D eigenvalue weighted by Gasteiger charge is -2.16. The number of rotatable bonds is 5. The molecular weight excluding hydrogens is 136 g/mol. The quantitative estimate of drug-likeness (QED) is 0.466. The Morgan fingerprint density at radius 1 is 1.36 bits per heavy atom. The van der Waals surface area contributed by atoms with Crippen LogP contribution in [0.2, 0.25) is 0 Å². The van der Waals surface area contributed by atoms with E-state index in [1.807, 2.05) is 13.8 Å². The Morgan fingerprint density at radius 3 is 2.45 bits per heavy atom. The molecule has 0 radical (unpaired) electrons. The van der Waals surface area contributed by atoms with Gasteiger partial charge in [-0.1, -0.05) is 26.2 Å². The lowest BCUT2D eigenvalue weighted by molar-refractivity contribution is 0.453. The zero-order chi connectivity index (χ0) is 8.74. The summed E-state index contributed by atoms with van der Waals surface area (Å²) in [5.41, 5.74) is -0.0725. The van der Waals surface area contributed by atoms with E-state index >= 15 is 0 Å². The third-order valence-corrected chi connectivity index (χ3v) is 1.75. The van der Waals surface area contributed by atoms with Gasteiger partial charge in [-0.2, -0.15) is 0 Å². The molecule has 11 heavy (non-hydrogen) atoms. The van der Waals surface area contributed by atoms with Crippen molar-refractivity contribution in [2.45, 2.75) is 52.0 Å². The zero-order valence-electron chi connectivity index (χ0n) is 7.78. The molecular formula is C9H18N2. The molecule has 2 heteroatoms. The van der Waals surface area contributed by atoms with Crippen molar-refractivity contribution in [3.8, 4) is 0 Å². The SMILES string of the molecule is CCCCCC(C)(C)N=C=N. The molecule has 0 aromatic rings. The second-order valence-corrected chi connectivity index (χ2v) is 3.49. The molecule has 1 N–H and O–H groups in total. The van der Waals surface area contributed by atoms with Crippen molar-refractivity contribution >= 4 is 6.01 Å². The van der Waals surface area contributed by atoms with Crippen molar-refractivity contribution < 1.29 is 0 Å². The third kappa shape index (κ3) is 5.81. The molecule has 0 aliphatic carbocycles. The van der Waals surface area contributed by atoms with Gasteiger partial charge in [0.15, 0.2) is 0 Å². The van der Waals surface area contributed by atoms with E-state index < -0.39 is 0 Å². The Balaban J connectivity index is 3.63. The summed E-state index contributed by atoms with van der Waals surface area (Å²) in [5.74, 6) is 0. The van der Waals surface area contributed by atoms with Crippen LogP contribution in [0.25, 0.3) is 0 Å². The second kappa shape index (κ2) is 5.09. The highest BCUT2D eigenvalue weighted by Gasteiger charge is 2.13. The van der Waals surface area contributed by atoms with Crippen LogP contribution in [-0.2, 0) is 0 Å². The molecule has 0 aromatic heterocycles. The van der Waals surface area contributed by atoms with Gasteiger partial charge in [0, 0.05) is 0 Å². The topological polar surface area (TPSA) is 36.2 Å². The van der Waals surface area contributed by atoms with Gasteiger partial charge in [0.25, 0.3) is 0 Å². The molecule has 64 valence electrons. The summed E-state index contributed by atoms with van der Waals surface area (Å²) in [7, 11) is 0. The van der Waals surface area contributed by atoms with Gasteiger partial charge in [0.2, 0.25) is 0 Å². The van der Waals surface area contributed by atoms with Crippen LogP contribution in [0, 0.1) is 5.41 Å². The Bertz CT molecular complexity index is 144. The van der Waals surface area contributed by atoms with Crippen molar-refractivity contribution in [1.82, 2.24) is 0 Å². The van der Waals surface area contributed by atoms with Gasteiger partial charge >= 0.3 is 0 Å². The first-order chi connectivity index (χ1) is 5.12. The molecule has 0 atom stereocenters. The highest BCUT2D eigenvalue weighted by molar-refractivity contribution is 5.37. The molecule has 0 bridgehead atoms. The number of nitrogens with zero attached hydrogens (tertiary/aromatic N) is 1. The molecule has 0 saturated carbocycles. The minimum Gasteiger partial charge on any atom is -0.242 e. The van der Waals surface area contributed by atoms with Gasteiger partial charge in [0.05, 0.1) is 11.5 Å². The highest BCUT2D eigenvalue weighted by Crippen LogP contribution is 2.17. The number of aliphatic imine (C=N–C) groups is 1. The molecule has 2 nitrogen and oxygen atoms in total. The molecule has 0 fully saturated rings. The predicted molar refractivity (Wildman–Crippen MR) is 48.4 cm³/mol. The third-order valence-electron chi connectivity index (χ3n) is 1.75. The van der Waals surface area contributed by atoms with Crippen molar-refractivity contribution in [3.63, 3.8) is 0 Å². The average molecular weight is 154 g/mol. The lowest BCUT2D eigenvalue weighted by Crippen LogP contribution is -2.15. The maximum absolute atomic E-state index is 6.72. The number of nitrogens with one attached hydrogen (secondary N) is 1. The molecule has 0 amide bonds. The summed E-state index contributed by atoms with van der Waals surface area (Å²) >= 11 is 0. The molecule has 0 aliphatic heterocycles. The van der Waals surface area contributed by atoms with Gasteiger partial charge in [-0.05, 0) is 20.3 Å². The molecule has 0 aliphatic rings. The number of hydrogen-bond donors (Lipinski definition) is 1. The van der Waals surface area contributed by atoms with Crippen LogP contribution in [0.1, 0.15) is 46.5 Å². The molecule has 0 heterocycles. The second-order valence-electron chi connectivity index (χ2n) is 3.49. The monoisotopic (exact) mass is 154 g/mol. The molecule has 0 spiro atoms. The van der Waals surface area contributed by atoms with Crippen LogP contribution in [0.3, 0.4) is 0 Å². The maximum Gasteiger partial charge on any atom is 0.0867 e. The summed E-state index contributed by atoms with van der Waals surface area (Å²) in [6.45, 7) is 6.28. The van der Waals surface area contributed by atoms with Gasteiger partial charge in [-0.25, -0.2) is 10.4 Å². The number of hydrogen-bond acceptors (Lipinski definition) is 2. The van der Waals surface area contributed by atoms with Gasteiger partial charge in [-0.15, -0.1) is 0 Å². The fourth-order valence-corrected chi connectivity index (χ4v) is 1.01. The van der Waals surface area contributed by atoms with Crippen molar-refractivity contribution in [2.24, 2.45) is 4.99 Å². The fraction of sp³-hybridized carbons (Fsp3) is 0.889. The van der Waals surface area contributed by atoms with Crippen LogP contribution in [0.4, 0.5) is 0 Å².